The van der Waals surface area contributed by atoms with Gasteiger partial charge in [0.15, 0.2) is 0 Å². The third kappa shape index (κ3) is 2.99. The molecule has 0 aliphatic heterocycles. The summed E-state index contributed by atoms with van der Waals surface area (Å²) < 4.78 is 5.37. The van der Waals surface area contributed by atoms with Crippen LogP contribution in [-0.4, -0.2) is 11.7 Å². The second kappa shape index (κ2) is 5.35. The Balaban J connectivity index is 2.81. The number of hydrogen-bond donors (Lipinski definition) is 1. The smallest absolute Gasteiger partial charge is 0.119 e. The topological polar surface area (TPSA) is 29.5 Å². The van der Waals surface area contributed by atoms with E-state index in [-0.39, 0.29) is 5.41 Å². The number of aliphatic hydroxyl groups excluding tert-OH is 1. The third-order valence-electron chi connectivity index (χ3n) is 3.16. The number of aliphatic hydroxyl groups is 1. The fourth-order valence-electron chi connectivity index (χ4n) is 1.56. The summed E-state index contributed by atoms with van der Waals surface area (Å²) in [6.07, 6.45) is 0.523. The van der Waals surface area contributed by atoms with Gasteiger partial charge in [0.1, 0.15) is 5.75 Å². The van der Waals surface area contributed by atoms with Gasteiger partial charge in [-0.05, 0) is 36.5 Å². The minimum Gasteiger partial charge on any atom is -0.494 e. The van der Waals surface area contributed by atoms with Gasteiger partial charge < -0.3 is 9.84 Å². The molecule has 0 spiro atoms. The van der Waals surface area contributed by atoms with Crippen molar-refractivity contribution in [3.05, 3.63) is 29.8 Å². The lowest BCUT2D eigenvalue weighted by molar-refractivity contribution is 0.0465. The summed E-state index contributed by atoms with van der Waals surface area (Å²) in [4.78, 5) is 0. The van der Waals surface area contributed by atoms with Crippen LogP contribution in [0.2, 0.25) is 0 Å². The molecule has 0 saturated heterocycles. The molecule has 0 heterocycles. The van der Waals surface area contributed by atoms with Gasteiger partial charge >= 0.3 is 0 Å². The maximum absolute atomic E-state index is 10.2. The summed E-state index contributed by atoms with van der Waals surface area (Å²) in [5.41, 5.74) is 0.864. The van der Waals surface area contributed by atoms with Crippen molar-refractivity contribution < 1.29 is 9.84 Å². The molecule has 90 valence electrons. The van der Waals surface area contributed by atoms with Crippen molar-refractivity contribution in [2.75, 3.05) is 6.61 Å². The average Bonchev–Trinajstić information content (AvgIpc) is 2.29. The first-order valence-electron chi connectivity index (χ1n) is 5.92. The van der Waals surface area contributed by atoms with Crippen LogP contribution in [0.1, 0.15) is 45.8 Å². The van der Waals surface area contributed by atoms with Gasteiger partial charge in [0.05, 0.1) is 12.7 Å². The quantitative estimate of drug-likeness (QED) is 0.825. The molecular weight excluding hydrogens is 200 g/mol. The van der Waals surface area contributed by atoms with Gasteiger partial charge in [0.2, 0.25) is 0 Å². The van der Waals surface area contributed by atoms with Crippen molar-refractivity contribution in [3.8, 4) is 5.75 Å². The largest absolute Gasteiger partial charge is 0.494 e. The Morgan fingerprint density at radius 2 is 1.75 bits per heavy atom. The van der Waals surface area contributed by atoms with Crippen molar-refractivity contribution >= 4 is 0 Å². The van der Waals surface area contributed by atoms with E-state index in [0.29, 0.717) is 6.61 Å². The summed E-state index contributed by atoms with van der Waals surface area (Å²) in [5, 5.41) is 10.2. The Labute approximate surface area is 98.3 Å². The van der Waals surface area contributed by atoms with Gasteiger partial charge in [-0.3, -0.25) is 0 Å². The van der Waals surface area contributed by atoms with E-state index in [0.717, 1.165) is 17.7 Å². The molecule has 0 aliphatic rings. The first-order valence-corrected chi connectivity index (χ1v) is 5.92. The highest BCUT2D eigenvalue weighted by atomic mass is 16.5. The predicted octanol–water partition coefficient (Wildman–Crippen LogP) is 3.55. The molecule has 0 bridgehead atoms. The Morgan fingerprint density at radius 3 is 2.19 bits per heavy atom. The molecular formula is C14H22O2. The maximum atomic E-state index is 10.2. The summed E-state index contributed by atoms with van der Waals surface area (Å²) >= 11 is 0. The van der Waals surface area contributed by atoms with Crippen LogP contribution in [0.4, 0.5) is 0 Å². The van der Waals surface area contributed by atoms with E-state index in [1.807, 2.05) is 31.2 Å². The normalized spacial score (nSPS) is 13.6. The van der Waals surface area contributed by atoms with Crippen molar-refractivity contribution in [2.45, 2.75) is 40.2 Å². The molecule has 1 aromatic carbocycles. The third-order valence-corrected chi connectivity index (χ3v) is 3.16. The maximum Gasteiger partial charge on any atom is 0.119 e. The van der Waals surface area contributed by atoms with E-state index in [4.69, 9.17) is 4.74 Å². The number of hydrogen-bond acceptors (Lipinski definition) is 2. The first-order chi connectivity index (χ1) is 7.51. The highest BCUT2D eigenvalue weighted by molar-refractivity contribution is 5.29. The number of ether oxygens (including phenoxy) is 1. The zero-order valence-corrected chi connectivity index (χ0v) is 10.7. The van der Waals surface area contributed by atoms with Crippen LogP contribution in [0.15, 0.2) is 24.3 Å². The van der Waals surface area contributed by atoms with Crippen LogP contribution in [-0.2, 0) is 0 Å². The van der Waals surface area contributed by atoms with E-state index in [2.05, 4.69) is 20.8 Å². The van der Waals surface area contributed by atoms with Crippen LogP contribution in [0.25, 0.3) is 0 Å². The molecule has 0 amide bonds. The second-order valence-corrected chi connectivity index (χ2v) is 4.75. The number of rotatable bonds is 5. The van der Waals surface area contributed by atoms with E-state index in [9.17, 15) is 5.11 Å². The Bertz CT molecular complexity index is 314. The molecule has 0 aromatic heterocycles. The lowest BCUT2D eigenvalue weighted by Crippen LogP contribution is -2.20. The van der Waals surface area contributed by atoms with E-state index < -0.39 is 6.10 Å². The van der Waals surface area contributed by atoms with Crippen molar-refractivity contribution in [3.63, 3.8) is 0 Å². The van der Waals surface area contributed by atoms with E-state index in [1.165, 1.54) is 0 Å². The van der Waals surface area contributed by atoms with Crippen molar-refractivity contribution in [1.29, 1.82) is 0 Å². The minimum absolute atomic E-state index is 0.0901. The lowest BCUT2D eigenvalue weighted by Gasteiger charge is -2.29. The van der Waals surface area contributed by atoms with E-state index >= 15 is 0 Å². The molecule has 1 N–H and O–H groups in total. The molecule has 1 atom stereocenters. The van der Waals surface area contributed by atoms with Crippen LogP contribution >= 0.6 is 0 Å². The lowest BCUT2D eigenvalue weighted by atomic mass is 9.80. The highest BCUT2D eigenvalue weighted by Gasteiger charge is 2.26. The van der Waals surface area contributed by atoms with Gasteiger partial charge in [-0.2, -0.15) is 0 Å². The standard InChI is InChI=1S/C14H22O2/c1-5-14(3,4)13(15)11-7-9-12(10-8-11)16-6-2/h7-10,13,15H,5-6H2,1-4H3. The minimum atomic E-state index is -0.423. The molecule has 0 radical (unpaired) electrons. The summed E-state index contributed by atoms with van der Waals surface area (Å²) in [7, 11) is 0. The van der Waals surface area contributed by atoms with Crippen LogP contribution < -0.4 is 4.74 Å². The molecule has 2 nitrogen and oxygen atoms in total. The molecule has 1 aromatic rings. The van der Waals surface area contributed by atoms with Gasteiger partial charge in [-0.25, -0.2) is 0 Å². The van der Waals surface area contributed by atoms with Gasteiger partial charge in [-0.1, -0.05) is 32.9 Å². The van der Waals surface area contributed by atoms with E-state index in [1.54, 1.807) is 0 Å². The molecule has 0 aliphatic carbocycles. The fourth-order valence-corrected chi connectivity index (χ4v) is 1.56. The SMILES string of the molecule is CCOc1ccc(C(O)C(C)(C)CC)cc1. The zero-order valence-electron chi connectivity index (χ0n) is 10.7. The van der Waals surface area contributed by atoms with Crippen LogP contribution in [0.3, 0.4) is 0 Å². The molecule has 1 unspecified atom stereocenters. The summed E-state index contributed by atoms with van der Waals surface area (Å²) in [6.45, 7) is 8.88. The first kappa shape index (κ1) is 13.0. The van der Waals surface area contributed by atoms with Gasteiger partial charge in [0.25, 0.3) is 0 Å². The Hall–Kier alpha value is -1.02. The molecule has 0 saturated carbocycles. The monoisotopic (exact) mass is 222 g/mol. The Kier molecular flexibility index (Phi) is 4.36. The van der Waals surface area contributed by atoms with Gasteiger partial charge in [0, 0.05) is 0 Å². The zero-order chi connectivity index (χ0) is 12.2. The number of benzene rings is 1. The predicted molar refractivity (Wildman–Crippen MR) is 66.6 cm³/mol. The van der Waals surface area contributed by atoms with Crippen molar-refractivity contribution in [1.82, 2.24) is 0 Å². The molecule has 0 fully saturated rings. The van der Waals surface area contributed by atoms with Crippen molar-refractivity contribution in [2.24, 2.45) is 5.41 Å². The summed E-state index contributed by atoms with van der Waals surface area (Å²) in [6, 6.07) is 7.70. The average molecular weight is 222 g/mol. The fraction of sp³-hybridized carbons (Fsp3) is 0.571. The molecule has 1 rings (SSSR count). The van der Waals surface area contributed by atoms with Crippen LogP contribution in [0, 0.1) is 5.41 Å². The van der Waals surface area contributed by atoms with Crippen LogP contribution in [0.5, 0.6) is 5.75 Å². The Morgan fingerprint density at radius 1 is 1.19 bits per heavy atom. The van der Waals surface area contributed by atoms with Gasteiger partial charge in [-0.15, -0.1) is 0 Å². The second-order valence-electron chi connectivity index (χ2n) is 4.75. The molecule has 16 heavy (non-hydrogen) atoms. The molecule has 2 heteroatoms. The highest BCUT2D eigenvalue weighted by Crippen LogP contribution is 2.36. The summed E-state index contributed by atoms with van der Waals surface area (Å²) in [5.74, 6) is 0.854.